The average Bonchev–Trinajstić information content (AvgIpc) is 3.63. The Morgan fingerprint density at radius 3 is 1.57 bits per heavy atom. The van der Waals surface area contributed by atoms with Gasteiger partial charge in [-0.1, -0.05) is 25.3 Å². The van der Waals surface area contributed by atoms with E-state index < -0.39 is 11.9 Å². The molecule has 0 atom stereocenters. The van der Waals surface area contributed by atoms with Crippen LogP contribution in [0.3, 0.4) is 0 Å². The van der Waals surface area contributed by atoms with Crippen molar-refractivity contribution in [3.8, 4) is 0 Å². The number of H-pyrrole nitrogens is 2. The lowest BCUT2D eigenvalue weighted by molar-refractivity contribution is -0.138. The lowest BCUT2D eigenvalue weighted by Gasteiger charge is -2.07. The van der Waals surface area contributed by atoms with Crippen LogP contribution in [0.25, 0.3) is 12.2 Å². The number of aromatic nitrogens is 2. The molecule has 0 bridgehead atoms. The summed E-state index contributed by atoms with van der Waals surface area (Å²) >= 11 is 0. The fourth-order valence-corrected chi connectivity index (χ4v) is 5.61. The Labute approximate surface area is 268 Å². The molecule has 11 heteroatoms. The molecule has 0 aromatic carbocycles. The van der Waals surface area contributed by atoms with Crippen LogP contribution in [0.5, 0.6) is 0 Å². The van der Waals surface area contributed by atoms with E-state index in [2.05, 4.69) is 33.8 Å². The van der Waals surface area contributed by atoms with Crippen LogP contribution >= 0.6 is 0 Å². The Balaban J connectivity index is 0.00000185. The molecular weight excluding hydrogens is 588 g/mol. The molecule has 0 aliphatic carbocycles. The van der Waals surface area contributed by atoms with Crippen molar-refractivity contribution in [2.24, 2.45) is 0 Å². The molecule has 7 N–H and O–H groups in total. The number of aliphatic hydroxyl groups is 1. The third-order valence-corrected chi connectivity index (χ3v) is 8.11. The first kappa shape index (κ1) is 35.3. The van der Waals surface area contributed by atoms with Crippen molar-refractivity contribution in [2.45, 2.75) is 66.7 Å². The third-order valence-electron chi connectivity index (χ3n) is 8.11. The van der Waals surface area contributed by atoms with Gasteiger partial charge in [-0.25, -0.2) is 0 Å². The van der Waals surface area contributed by atoms with Crippen LogP contribution in [0.2, 0.25) is 0 Å². The summed E-state index contributed by atoms with van der Waals surface area (Å²) in [6, 6.07) is 0. The molecule has 0 spiro atoms. The summed E-state index contributed by atoms with van der Waals surface area (Å²) in [4.78, 5) is 54.5. The molecule has 0 fully saturated rings. The van der Waals surface area contributed by atoms with E-state index in [9.17, 15) is 29.4 Å². The molecule has 4 heterocycles. The number of allylic oxidation sites excluding steroid dienone is 2. The summed E-state index contributed by atoms with van der Waals surface area (Å²) < 4.78 is 0. The van der Waals surface area contributed by atoms with Crippen LogP contribution in [0, 0.1) is 13.8 Å². The standard InChI is InChI=1S/C33H36N4O6.C2H6O/c1-7-20-19(6)32(42)37-27(20)14-25-18(5)23(10-12-31(40)41)29(35-25)15-28-22(9-11-30(38)39)17(4)24(34-28)13-26-16(3)21(8-2)33(43)36-26;1-2-3/h7-8,13-14,34-35H,1-2,9-12,15H2,3-6H3,(H,36,43)(H,37,42)(H,38,39)(H,40,41);3H,2H2,1H3/b26-13-,27-14-;. The number of hydrogen-bond donors (Lipinski definition) is 7. The number of hydrogen-bond acceptors (Lipinski definition) is 5. The molecule has 2 amide bonds. The van der Waals surface area contributed by atoms with E-state index >= 15 is 0 Å². The molecular formula is C35H42N4O7. The summed E-state index contributed by atoms with van der Waals surface area (Å²) in [5, 5.41) is 32.1. The van der Waals surface area contributed by atoms with E-state index in [4.69, 9.17) is 5.11 Å². The zero-order valence-electron chi connectivity index (χ0n) is 26.9. The van der Waals surface area contributed by atoms with Crippen LogP contribution in [0.15, 0.2) is 59.0 Å². The number of aliphatic carboxylic acids is 2. The summed E-state index contributed by atoms with van der Waals surface area (Å²) in [5.41, 5.74) is 10.2. The van der Waals surface area contributed by atoms with Gasteiger partial charge in [0, 0.05) is 71.1 Å². The molecule has 0 radical (unpaired) electrons. The minimum atomic E-state index is -0.922. The van der Waals surface area contributed by atoms with Crippen molar-refractivity contribution >= 4 is 35.9 Å². The largest absolute Gasteiger partial charge is 0.481 e. The Morgan fingerprint density at radius 1 is 0.717 bits per heavy atom. The quantitative estimate of drug-likeness (QED) is 0.180. The van der Waals surface area contributed by atoms with Crippen molar-refractivity contribution in [3.63, 3.8) is 0 Å². The zero-order valence-corrected chi connectivity index (χ0v) is 26.9. The number of carboxylic acids is 2. The van der Waals surface area contributed by atoms with Crippen LogP contribution < -0.4 is 10.6 Å². The van der Waals surface area contributed by atoms with Gasteiger partial charge in [0.15, 0.2) is 0 Å². The molecule has 46 heavy (non-hydrogen) atoms. The van der Waals surface area contributed by atoms with Crippen molar-refractivity contribution in [3.05, 3.63) is 104 Å². The van der Waals surface area contributed by atoms with E-state index in [0.717, 1.165) is 50.6 Å². The van der Waals surface area contributed by atoms with Crippen molar-refractivity contribution in [1.82, 2.24) is 20.6 Å². The minimum Gasteiger partial charge on any atom is -0.481 e. The van der Waals surface area contributed by atoms with Gasteiger partial charge in [-0.3, -0.25) is 19.2 Å². The second-order valence-corrected chi connectivity index (χ2v) is 11.0. The normalized spacial score (nSPS) is 16.1. The molecule has 0 saturated carbocycles. The minimum absolute atomic E-state index is 0.0688. The number of aliphatic hydroxyl groups excluding tert-OH is 1. The van der Waals surface area contributed by atoms with Gasteiger partial charge in [0.05, 0.1) is 5.70 Å². The molecule has 244 valence electrons. The first-order chi connectivity index (χ1) is 21.8. The summed E-state index contributed by atoms with van der Waals surface area (Å²) in [7, 11) is 0. The molecule has 2 aromatic heterocycles. The number of carboxylic acid groups (broad SMARTS) is 2. The first-order valence-corrected chi connectivity index (χ1v) is 15.0. The molecule has 0 saturated heterocycles. The lowest BCUT2D eigenvalue weighted by atomic mass is 9.98. The van der Waals surface area contributed by atoms with E-state index in [1.54, 1.807) is 19.9 Å². The first-order valence-electron chi connectivity index (χ1n) is 15.0. The molecule has 2 aliphatic rings. The smallest absolute Gasteiger partial charge is 0.303 e. The van der Waals surface area contributed by atoms with Crippen molar-refractivity contribution < 1.29 is 34.5 Å². The molecule has 11 nitrogen and oxygen atoms in total. The SMILES string of the molecule is C=CC1=C(C)/C(=C/c2[nH]c(Cc3[nH]c(/C=C4\NC(=O)C(C)=C4C=C)c(C)c3CCC(=O)O)c(CCC(=O)O)c2C)NC1=O.CCO. The Morgan fingerprint density at radius 2 is 1.15 bits per heavy atom. The Bertz CT molecular complexity index is 1730. The van der Waals surface area contributed by atoms with Gasteiger partial charge < -0.3 is 35.9 Å². The maximum atomic E-state index is 12.3. The Hall–Kier alpha value is -5.16. The summed E-state index contributed by atoms with van der Waals surface area (Å²) in [6.45, 7) is 16.8. The topological polar surface area (TPSA) is 185 Å². The van der Waals surface area contributed by atoms with Crippen molar-refractivity contribution in [1.29, 1.82) is 0 Å². The fraction of sp³-hybridized carbons (Fsp3) is 0.314. The van der Waals surface area contributed by atoms with Crippen LogP contribution in [0.4, 0.5) is 0 Å². The third kappa shape index (κ3) is 7.73. The Kier molecular flexibility index (Phi) is 11.7. The van der Waals surface area contributed by atoms with Crippen LogP contribution in [-0.2, 0) is 38.4 Å². The number of carbonyl (C=O) groups is 4. The van der Waals surface area contributed by atoms with Gasteiger partial charge in [-0.15, -0.1) is 0 Å². The molecule has 2 aromatic rings. The monoisotopic (exact) mass is 630 g/mol. The lowest BCUT2D eigenvalue weighted by Crippen LogP contribution is -2.15. The van der Waals surface area contributed by atoms with Gasteiger partial charge in [0.2, 0.25) is 0 Å². The van der Waals surface area contributed by atoms with Gasteiger partial charge in [0.1, 0.15) is 0 Å². The predicted molar refractivity (Wildman–Crippen MR) is 177 cm³/mol. The average molecular weight is 631 g/mol. The number of nitrogens with one attached hydrogen (secondary N) is 4. The van der Waals surface area contributed by atoms with Gasteiger partial charge in [0.25, 0.3) is 11.8 Å². The second kappa shape index (κ2) is 15.2. The number of aromatic amines is 2. The number of amides is 2. The summed E-state index contributed by atoms with van der Waals surface area (Å²) in [5.74, 6) is -2.28. The fourth-order valence-electron chi connectivity index (χ4n) is 5.61. The zero-order chi connectivity index (χ0) is 34.3. The number of rotatable bonds is 12. The maximum Gasteiger partial charge on any atom is 0.303 e. The highest BCUT2D eigenvalue weighted by atomic mass is 16.4. The van der Waals surface area contributed by atoms with Gasteiger partial charge in [-0.2, -0.15) is 0 Å². The molecule has 2 aliphatic heterocycles. The van der Waals surface area contributed by atoms with E-state index in [0.29, 0.717) is 34.5 Å². The highest BCUT2D eigenvalue weighted by Gasteiger charge is 2.25. The maximum absolute atomic E-state index is 12.3. The molecule has 4 rings (SSSR count). The predicted octanol–water partition coefficient (Wildman–Crippen LogP) is 4.53. The van der Waals surface area contributed by atoms with E-state index in [1.807, 2.05) is 32.9 Å². The number of carbonyl (C=O) groups excluding carboxylic acids is 2. The van der Waals surface area contributed by atoms with Crippen LogP contribution in [0.1, 0.15) is 78.6 Å². The van der Waals surface area contributed by atoms with Gasteiger partial charge in [-0.05, 0) is 87.4 Å². The van der Waals surface area contributed by atoms with Gasteiger partial charge >= 0.3 is 11.9 Å². The van der Waals surface area contributed by atoms with E-state index in [-0.39, 0.29) is 44.1 Å². The van der Waals surface area contributed by atoms with Crippen molar-refractivity contribution in [2.75, 3.05) is 6.61 Å². The van der Waals surface area contributed by atoms with E-state index in [1.165, 1.54) is 6.08 Å². The molecule has 0 unspecified atom stereocenters. The highest BCUT2D eigenvalue weighted by molar-refractivity contribution is 6.03. The van der Waals surface area contributed by atoms with Crippen LogP contribution in [-0.4, -0.2) is 55.6 Å². The highest BCUT2D eigenvalue weighted by Crippen LogP contribution is 2.31. The summed E-state index contributed by atoms with van der Waals surface area (Å²) in [6.07, 6.45) is 7.58. The second-order valence-electron chi connectivity index (χ2n) is 11.0.